The number of carboxylic acids is 1. The lowest BCUT2D eigenvalue weighted by molar-refractivity contribution is 0.0697. The molecule has 2 heterocycles. The normalized spacial score (nSPS) is 11.2. The first-order chi connectivity index (χ1) is 14.5. The number of nitrogens with zero attached hydrogens (tertiary/aromatic N) is 4. The first kappa shape index (κ1) is 21.7. The van der Waals surface area contributed by atoms with Gasteiger partial charge in [-0.15, -0.1) is 0 Å². The summed E-state index contributed by atoms with van der Waals surface area (Å²) in [5, 5.41) is 14.1. The number of aryl methyl sites for hydroxylation is 2. The van der Waals surface area contributed by atoms with Crippen molar-refractivity contribution in [1.29, 1.82) is 0 Å². The fraction of sp³-hybridized carbons (Fsp3) is 0.417. The maximum atomic E-state index is 11.5. The van der Waals surface area contributed by atoms with Gasteiger partial charge in [-0.2, -0.15) is 5.10 Å². The first-order valence-corrected chi connectivity index (χ1v) is 10.7. The van der Waals surface area contributed by atoms with E-state index in [9.17, 15) is 9.90 Å². The van der Waals surface area contributed by atoms with Crippen molar-refractivity contribution in [3.63, 3.8) is 0 Å². The van der Waals surface area contributed by atoms with Crippen molar-refractivity contribution >= 4 is 5.97 Å². The molecule has 0 spiro atoms. The monoisotopic (exact) mass is 406 g/mol. The Balaban J connectivity index is 1.80. The average Bonchev–Trinajstić information content (AvgIpc) is 3.12. The third-order valence-corrected chi connectivity index (χ3v) is 5.08. The van der Waals surface area contributed by atoms with Crippen LogP contribution in [-0.2, 0) is 19.4 Å². The van der Waals surface area contributed by atoms with E-state index in [1.807, 2.05) is 22.9 Å². The summed E-state index contributed by atoms with van der Waals surface area (Å²) >= 11 is 0. The number of carboxylic acid groups (broad SMARTS) is 1. The van der Waals surface area contributed by atoms with Gasteiger partial charge in [0.25, 0.3) is 0 Å². The van der Waals surface area contributed by atoms with Gasteiger partial charge in [0.15, 0.2) is 5.82 Å². The van der Waals surface area contributed by atoms with E-state index < -0.39 is 5.97 Å². The molecule has 2 aromatic heterocycles. The lowest BCUT2D eigenvalue weighted by Gasteiger charge is -2.07. The Labute approximate surface area is 178 Å². The van der Waals surface area contributed by atoms with Gasteiger partial charge in [-0.25, -0.2) is 14.5 Å². The van der Waals surface area contributed by atoms with Crippen LogP contribution in [0.4, 0.5) is 0 Å². The number of rotatable bonds is 10. The zero-order valence-electron chi connectivity index (χ0n) is 18.0. The highest BCUT2D eigenvalue weighted by molar-refractivity contribution is 5.95. The second-order valence-corrected chi connectivity index (χ2v) is 8.03. The number of aromatic carboxylic acids is 1. The average molecular weight is 407 g/mol. The molecular formula is C24H30N4O2. The molecule has 0 aliphatic rings. The molecule has 0 unspecified atom stereocenters. The van der Waals surface area contributed by atoms with Crippen molar-refractivity contribution in [3.05, 3.63) is 65.4 Å². The van der Waals surface area contributed by atoms with E-state index in [-0.39, 0.29) is 5.56 Å². The maximum Gasteiger partial charge on any atom is 0.336 e. The molecule has 6 heteroatoms. The predicted molar refractivity (Wildman–Crippen MR) is 118 cm³/mol. The van der Waals surface area contributed by atoms with Crippen molar-refractivity contribution in [2.24, 2.45) is 5.92 Å². The van der Waals surface area contributed by atoms with Gasteiger partial charge < -0.3 is 5.11 Å². The number of hydrogen-bond acceptors (Lipinski definition) is 4. The number of aromatic nitrogens is 4. The molecule has 3 rings (SSSR count). The number of benzene rings is 1. The van der Waals surface area contributed by atoms with E-state index in [1.54, 1.807) is 24.4 Å². The van der Waals surface area contributed by atoms with Crippen molar-refractivity contribution in [2.75, 3.05) is 0 Å². The SMILES string of the molecule is CCCCn1nc(CCC(C)C)nc1Cc1ccc(-c2ccccc2C(=O)O)nc1. The summed E-state index contributed by atoms with van der Waals surface area (Å²) in [6, 6.07) is 10.8. The van der Waals surface area contributed by atoms with Crippen LogP contribution < -0.4 is 0 Å². The Kier molecular flexibility index (Phi) is 7.33. The molecule has 30 heavy (non-hydrogen) atoms. The zero-order chi connectivity index (χ0) is 21.5. The molecule has 1 N–H and O–H groups in total. The van der Waals surface area contributed by atoms with E-state index in [2.05, 4.69) is 25.8 Å². The van der Waals surface area contributed by atoms with Crippen molar-refractivity contribution in [3.8, 4) is 11.3 Å². The second kappa shape index (κ2) is 10.1. The second-order valence-electron chi connectivity index (χ2n) is 8.03. The van der Waals surface area contributed by atoms with E-state index >= 15 is 0 Å². The summed E-state index contributed by atoms with van der Waals surface area (Å²) in [7, 11) is 0. The van der Waals surface area contributed by atoms with Crippen molar-refractivity contribution < 1.29 is 9.90 Å². The van der Waals surface area contributed by atoms with E-state index in [0.717, 1.165) is 49.4 Å². The molecule has 0 bridgehead atoms. The molecule has 1 aromatic carbocycles. The van der Waals surface area contributed by atoms with Crippen LogP contribution in [0.5, 0.6) is 0 Å². The first-order valence-electron chi connectivity index (χ1n) is 10.7. The molecule has 0 saturated heterocycles. The summed E-state index contributed by atoms with van der Waals surface area (Å²) < 4.78 is 2.03. The highest BCUT2D eigenvalue weighted by atomic mass is 16.4. The fourth-order valence-corrected chi connectivity index (χ4v) is 3.33. The summed E-state index contributed by atoms with van der Waals surface area (Å²) in [6.45, 7) is 7.47. The Hall–Kier alpha value is -3.02. The number of carbonyl (C=O) groups is 1. The Morgan fingerprint density at radius 2 is 1.97 bits per heavy atom. The molecule has 0 atom stereocenters. The van der Waals surface area contributed by atoms with Crippen LogP contribution in [-0.4, -0.2) is 30.8 Å². The van der Waals surface area contributed by atoms with Gasteiger partial charge in [-0.1, -0.05) is 51.5 Å². The topological polar surface area (TPSA) is 80.9 Å². The van der Waals surface area contributed by atoms with Crippen LogP contribution in [0.3, 0.4) is 0 Å². The van der Waals surface area contributed by atoms with E-state index in [1.165, 1.54) is 0 Å². The number of pyridine rings is 1. The third-order valence-electron chi connectivity index (χ3n) is 5.08. The van der Waals surface area contributed by atoms with Gasteiger partial charge in [0.05, 0.1) is 11.3 Å². The maximum absolute atomic E-state index is 11.5. The van der Waals surface area contributed by atoms with Gasteiger partial charge in [-0.05, 0) is 36.5 Å². The smallest absolute Gasteiger partial charge is 0.336 e. The summed E-state index contributed by atoms with van der Waals surface area (Å²) in [4.78, 5) is 20.8. The van der Waals surface area contributed by atoms with Crippen LogP contribution in [0.1, 0.15) is 67.6 Å². The molecule has 0 amide bonds. The molecule has 0 fully saturated rings. The largest absolute Gasteiger partial charge is 0.478 e. The minimum absolute atomic E-state index is 0.256. The summed E-state index contributed by atoms with van der Waals surface area (Å²) in [5.41, 5.74) is 2.57. The van der Waals surface area contributed by atoms with Crippen LogP contribution in [0, 0.1) is 5.92 Å². The highest BCUT2D eigenvalue weighted by Gasteiger charge is 2.14. The minimum Gasteiger partial charge on any atom is -0.478 e. The quantitative estimate of drug-likeness (QED) is 0.511. The Bertz CT molecular complexity index is 977. The lowest BCUT2D eigenvalue weighted by atomic mass is 10.0. The van der Waals surface area contributed by atoms with Crippen LogP contribution in [0.25, 0.3) is 11.3 Å². The summed E-state index contributed by atoms with van der Waals surface area (Å²) in [5.74, 6) is 1.55. The Morgan fingerprint density at radius 1 is 1.17 bits per heavy atom. The lowest BCUT2D eigenvalue weighted by Crippen LogP contribution is -2.07. The van der Waals surface area contributed by atoms with Gasteiger partial charge >= 0.3 is 5.97 Å². The molecular weight excluding hydrogens is 376 g/mol. The number of hydrogen-bond donors (Lipinski definition) is 1. The molecule has 0 radical (unpaired) electrons. The van der Waals surface area contributed by atoms with Crippen molar-refractivity contribution in [1.82, 2.24) is 19.7 Å². The van der Waals surface area contributed by atoms with Gasteiger partial charge in [0.2, 0.25) is 0 Å². The molecule has 0 aliphatic heterocycles. The van der Waals surface area contributed by atoms with Crippen LogP contribution >= 0.6 is 0 Å². The molecule has 3 aromatic rings. The zero-order valence-corrected chi connectivity index (χ0v) is 18.0. The predicted octanol–water partition coefficient (Wildman–Crippen LogP) is 5.02. The van der Waals surface area contributed by atoms with Crippen LogP contribution in [0.15, 0.2) is 42.6 Å². The molecule has 6 nitrogen and oxygen atoms in total. The number of unbranched alkanes of at least 4 members (excludes halogenated alkanes) is 1. The molecule has 0 aliphatic carbocycles. The van der Waals surface area contributed by atoms with Crippen molar-refractivity contribution in [2.45, 2.75) is 59.4 Å². The van der Waals surface area contributed by atoms with E-state index in [0.29, 0.717) is 23.6 Å². The Morgan fingerprint density at radius 3 is 2.63 bits per heavy atom. The van der Waals surface area contributed by atoms with Gasteiger partial charge in [-0.3, -0.25) is 4.98 Å². The fourth-order valence-electron chi connectivity index (χ4n) is 3.33. The standard InChI is InChI=1S/C24H30N4O2/c1-4-5-14-28-23(26-22(27-28)13-10-17(2)3)15-18-11-12-21(25-16-18)19-8-6-7-9-20(19)24(29)30/h6-9,11-12,16-17H,4-5,10,13-15H2,1-3H3,(H,29,30). The molecule has 158 valence electrons. The molecule has 0 saturated carbocycles. The van der Waals surface area contributed by atoms with Crippen LogP contribution in [0.2, 0.25) is 0 Å². The van der Waals surface area contributed by atoms with Gasteiger partial charge in [0, 0.05) is 31.1 Å². The van der Waals surface area contributed by atoms with Gasteiger partial charge in [0.1, 0.15) is 5.82 Å². The summed E-state index contributed by atoms with van der Waals surface area (Å²) in [6.07, 6.45) is 6.62. The third kappa shape index (κ3) is 5.53. The minimum atomic E-state index is -0.950. The highest BCUT2D eigenvalue weighted by Crippen LogP contribution is 2.22. The van der Waals surface area contributed by atoms with E-state index in [4.69, 9.17) is 10.1 Å².